The average molecular weight is 231 g/mol. The highest BCUT2D eigenvalue weighted by Crippen LogP contribution is 2.31. The minimum absolute atomic E-state index is 0.208. The van der Waals surface area contributed by atoms with Crippen molar-refractivity contribution in [3.8, 4) is 11.8 Å². The third-order valence-electron chi connectivity index (χ3n) is 3.11. The molecule has 90 valence electrons. The highest BCUT2D eigenvalue weighted by Gasteiger charge is 2.19. The van der Waals surface area contributed by atoms with Gasteiger partial charge >= 0.3 is 0 Å². The maximum atomic E-state index is 8.94. The van der Waals surface area contributed by atoms with Crippen LogP contribution in [0.25, 0.3) is 0 Å². The zero-order valence-corrected chi connectivity index (χ0v) is 10.0. The molecule has 17 heavy (non-hydrogen) atoms. The second-order valence-electron chi connectivity index (χ2n) is 4.35. The van der Waals surface area contributed by atoms with Crippen molar-refractivity contribution in [1.29, 1.82) is 5.26 Å². The van der Waals surface area contributed by atoms with E-state index < -0.39 is 0 Å². The first kappa shape index (κ1) is 11.7. The van der Waals surface area contributed by atoms with Crippen LogP contribution in [-0.2, 0) is 0 Å². The Morgan fingerprint density at radius 3 is 3.00 bits per heavy atom. The quantitative estimate of drug-likeness (QED) is 0.837. The lowest BCUT2D eigenvalue weighted by molar-refractivity contribution is 0.410. The van der Waals surface area contributed by atoms with Gasteiger partial charge in [-0.15, -0.1) is 0 Å². The van der Waals surface area contributed by atoms with Crippen LogP contribution in [0, 0.1) is 11.3 Å². The maximum Gasteiger partial charge on any atom is 0.142 e. The molecule has 4 nitrogen and oxygen atoms in total. The van der Waals surface area contributed by atoms with Crippen LogP contribution in [0.3, 0.4) is 0 Å². The number of hydrogen-bond acceptors (Lipinski definition) is 4. The molecule has 1 unspecified atom stereocenters. The van der Waals surface area contributed by atoms with Gasteiger partial charge in [-0.2, -0.15) is 5.26 Å². The number of ether oxygens (including phenoxy) is 1. The van der Waals surface area contributed by atoms with Crippen LogP contribution < -0.4 is 15.4 Å². The zero-order valence-electron chi connectivity index (χ0n) is 10.0. The first-order chi connectivity index (χ1) is 8.24. The lowest BCUT2D eigenvalue weighted by Crippen LogP contribution is -2.43. The molecule has 0 aliphatic carbocycles. The van der Waals surface area contributed by atoms with Gasteiger partial charge in [0.05, 0.1) is 24.4 Å². The standard InChI is InChI=1S/C13H17N3O/c1-17-13-5-4-10(8-14)7-12(13)16-6-2-3-11(15)9-16/h4-5,7,11H,2-3,6,9,15H2,1H3. The van der Waals surface area contributed by atoms with Crippen LogP contribution in [0.1, 0.15) is 18.4 Å². The molecule has 1 aliphatic heterocycles. The third-order valence-corrected chi connectivity index (χ3v) is 3.11. The van der Waals surface area contributed by atoms with Crippen molar-refractivity contribution in [2.75, 3.05) is 25.1 Å². The molecule has 4 heteroatoms. The number of anilines is 1. The summed E-state index contributed by atoms with van der Waals surface area (Å²) in [6.07, 6.45) is 2.15. The van der Waals surface area contributed by atoms with Crippen molar-refractivity contribution >= 4 is 5.69 Å². The zero-order chi connectivity index (χ0) is 12.3. The third kappa shape index (κ3) is 2.51. The predicted molar refractivity (Wildman–Crippen MR) is 67.1 cm³/mol. The number of nitrogens with zero attached hydrogens (tertiary/aromatic N) is 2. The summed E-state index contributed by atoms with van der Waals surface area (Å²) in [7, 11) is 1.65. The monoisotopic (exact) mass is 231 g/mol. The Bertz CT molecular complexity index is 439. The van der Waals surface area contributed by atoms with Gasteiger partial charge in [-0.3, -0.25) is 0 Å². The van der Waals surface area contributed by atoms with E-state index in [0.717, 1.165) is 37.4 Å². The van der Waals surface area contributed by atoms with Crippen LogP contribution in [-0.4, -0.2) is 26.2 Å². The van der Waals surface area contributed by atoms with Gasteiger partial charge in [0.1, 0.15) is 5.75 Å². The van der Waals surface area contributed by atoms with Crippen LogP contribution in [0.2, 0.25) is 0 Å². The number of nitriles is 1. The number of benzene rings is 1. The lowest BCUT2D eigenvalue weighted by atomic mass is 10.0. The van der Waals surface area contributed by atoms with Gasteiger partial charge in [0.15, 0.2) is 0 Å². The number of hydrogen-bond donors (Lipinski definition) is 1. The van der Waals surface area contributed by atoms with Crippen molar-refractivity contribution in [3.63, 3.8) is 0 Å². The summed E-state index contributed by atoms with van der Waals surface area (Å²) in [6, 6.07) is 7.85. The molecule has 0 amide bonds. The molecule has 2 N–H and O–H groups in total. The fourth-order valence-electron chi connectivity index (χ4n) is 2.24. The van der Waals surface area contributed by atoms with E-state index in [1.165, 1.54) is 0 Å². The largest absolute Gasteiger partial charge is 0.495 e. The molecule has 1 fully saturated rings. The maximum absolute atomic E-state index is 8.94. The van der Waals surface area contributed by atoms with E-state index >= 15 is 0 Å². The van der Waals surface area contributed by atoms with Crippen LogP contribution >= 0.6 is 0 Å². The minimum atomic E-state index is 0.208. The van der Waals surface area contributed by atoms with E-state index in [0.29, 0.717) is 5.56 Å². The van der Waals surface area contributed by atoms with E-state index in [-0.39, 0.29) is 6.04 Å². The Hall–Kier alpha value is -1.73. The fourth-order valence-corrected chi connectivity index (χ4v) is 2.24. The molecule has 1 heterocycles. The number of piperidine rings is 1. The summed E-state index contributed by atoms with van der Waals surface area (Å²) in [4.78, 5) is 2.20. The average Bonchev–Trinajstić information content (AvgIpc) is 2.38. The molecule has 1 atom stereocenters. The Labute approximate surface area is 102 Å². The molecule has 0 saturated carbocycles. The molecule has 0 aromatic heterocycles. The molecule has 0 spiro atoms. The molecular weight excluding hydrogens is 214 g/mol. The summed E-state index contributed by atoms with van der Waals surface area (Å²) in [6.45, 7) is 1.80. The highest BCUT2D eigenvalue weighted by atomic mass is 16.5. The highest BCUT2D eigenvalue weighted by molar-refractivity contribution is 5.62. The van der Waals surface area contributed by atoms with Gasteiger partial charge in [-0.25, -0.2) is 0 Å². The second-order valence-corrected chi connectivity index (χ2v) is 4.35. The van der Waals surface area contributed by atoms with E-state index in [9.17, 15) is 0 Å². The van der Waals surface area contributed by atoms with Gasteiger partial charge in [0, 0.05) is 19.1 Å². The summed E-state index contributed by atoms with van der Waals surface area (Å²) < 4.78 is 5.34. The molecule has 1 aliphatic rings. The summed E-state index contributed by atoms with van der Waals surface area (Å²) in [5.41, 5.74) is 7.60. The lowest BCUT2D eigenvalue weighted by Gasteiger charge is -2.33. The summed E-state index contributed by atoms with van der Waals surface area (Å²) in [5, 5.41) is 8.94. The molecule has 1 aromatic rings. The Morgan fingerprint density at radius 2 is 2.35 bits per heavy atom. The van der Waals surface area contributed by atoms with E-state index in [1.54, 1.807) is 13.2 Å². The van der Waals surface area contributed by atoms with Crippen molar-refractivity contribution < 1.29 is 4.74 Å². The van der Waals surface area contributed by atoms with Gasteiger partial charge < -0.3 is 15.4 Å². The van der Waals surface area contributed by atoms with E-state index in [2.05, 4.69) is 11.0 Å². The van der Waals surface area contributed by atoms with Crippen molar-refractivity contribution in [2.45, 2.75) is 18.9 Å². The first-order valence-corrected chi connectivity index (χ1v) is 5.83. The van der Waals surface area contributed by atoms with Gasteiger partial charge in [0.2, 0.25) is 0 Å². The molecule has 1 saturated heterocycles. The first-order valence-electron chi connectivity index (χ1n) is 5.83. The van der Waals surface area contributed by atoms with Crippen molar-refractivity contribution in [3.05, 3.63) is 23.8 Å². The summed E-state index contributed by atoms with van der Waals surface area (Å²) >= 11 is 0. The Balaban J connectivity index is 2.32. The van der Waals surface area contributed by atoms with Crippen LogP contribution in [0.15, 0.2) is 18.2 Å². The van der Waals surface area contributed by atoms with Gasteiger partial charge in [0.25, 0.3) is 0 Å². The Morgan fingerprint density at radius 1 is 1.53 bits per heavy atom. The normalized spacial score (nSPS) is 19.8. The van der Waals surface area contributed by atoms with Crippen molar-refractivity contribution in [2.24, 2.45) is 5.73 Å². The van der Waals surface area contributed by atoms with Crippen LogP contribution in [0.5, 0.6) is 5.75 Å². The van der Waals surface area contributed by atoms with Crippen molar-refractivity contribution in [1.82, 2.24) is 0 Å². The smallest absolute Gasteiger partial charge is 0.142 e. The van der Waals surface area contributed by atoms with Gasteiger partial charge in [-0.05, 0) is 31.0 Å². The molecule has 1 aromatic carbocycles. The van der Waals surface area contributed by atoms with E-state index in [4.69, 9.17) is 15.7 Å². The molecule has 2 rings (SSSR count). The number of methoxy groups -OCH3 is 1. The number of nitrogens with two attached hydrogens (primary N) is 1. The predicted octanol–water partition coefficient (Wildman–Crippen LogP) is 1.49. The fraction of sp³-hybridized carbons (Fsp3) is 0.462. The van der Waals surface area contributed by atoms with E-state index in [1.807, 2.05) is 12.1 Å². The minimum Gasteiger partial charge on any atom is -0.495 e. The van der Waals surface area contributed by atoms with Crippen LogP contribution in [0.4, 0.5) is 5.69 Å². The topological polar surface area (TPSA) is 62.3 Å². The molecular formula is C13H17N3O. The summed E-state index contributed by atoms with van der Waals surface area (Å²) in [5.74, 6) is 0.804. The molecule has 0 radical (unpaired) electrons. The Kier molecular flexibility index (Phi) is 3.50. The SMILES string of the molecule is COc1ccc(C#N)cc1N1CCCC(N)C1. The van der Waals surface area contributed by atoms with Gasteiger partial charge in [-0.1, -0.05) is 0 Å². The molecule has 0 bridgehead atoms. The second kappa shape index (κ2) is 5.07. The number of rotatable bonds is 2.